The molecule has 15 heavy (non-hydrogen) atoms. The third kappa shape index (κ3) is 5.03. The Morgan fingerprint density at radius 1 is 1.33 bits per heavy atom. The van der Waals surface area contributed by atoms with Gasteiger partial charge < -0.3 is 15.1 Å². The molecule has 0 aromatic carbocycles. The number of unbranched alkanes of at least 4 members (excludes halogenated alkanes) is 1. The minimum Gasteiger partial charge on any atom is -0.407 e. The fraction of sp³-hybridized carbons (Fsp3) is 0.778. The quantitative estimate of drug-likeness (QED) is 0.657. The second-order valence-electron chi connectivity index (χ2n) is 3.16. The van der Waals surface area contributed by atoms with E-state index < -0.39 is 0 Å². The van der Waals surface area contributed by atoms with Crippen LogP contribution < -0.4 is 10.6 Å². The molecule has 5 nitrogen and oxygen atoms in total. The molecule has 1 rings (SSSR count). The second-order valence-corrected chi connectivity index (χ2v) is 4.14. The lowest BCUT2D eigenvalue weighted by molar-refractivity contribution is 0.489. The maximum atomic E-state index is 5.33. The highest BCUT2D eigenvalue weighted by molar-refractivity contribution is 7.98. The normalized spacial score (nSPS) is 10.5. The fourth-order valence-corrected chi connectivity index (χ4v) is 1.61. The molecule has 0 spiro atoms. The van der Waals surface area contributed by atoms with E-state index in [1.165, 1.54) is 12.2 Å². The Bertz CT molecular complexity index is 266. The summed E-state index contributed by atoms with van der Waals surface area (Å²) in [6.45, 7) is 1.50. The van der Waals surface area contributed by atoms with Crippen molar-refractivity contribution in [3.8, 4) is 0 Å². The molecule has 1 aromatic rings. The molecule has 0 fully saturated rings. The van der Waals surface area contributed by atoms with Crippen molar-refractivity contribution in [2.24, 2.45) is 0 Å². The smallest absolute Gasteiger partial charge is 0.315 e. The molecule has 6 heteroatoms. The number of hydrogen-bond donors (Lipinski definition) is 2. The summed E-state index contributed by atoms with van der Waals surface area (Å²) in [7, 11) is 1.85. The molecule has 0 aliphatic heterocycles. The Labute approximate surface area is 94.4 Å². The highest BCUT2D eigenvalue weighted by Crippen LogP contribution is 2.05. The summed E-state index contributed by atoms with van der Waals surface area (Å²) in [4.78, 5) is 0. The van der Waals surface area contributed by atoms with Gasteiger partial charge in [0.05, 0.1) is 6.54 Å². The first kappa shape index (κ1) is 12.3. The number of rotatable bonds is 8. The van der Waals surface area contributed by atoms with Crippen molar-refractivity contribution in [2.75, 3.05) is 30.9 Å². The van der Waals surface area contributed by atoms with E-state index in [9.17, 15) is 0 Å². The van der Waals surface area contributed by atoms with Crippen LogP contribution in [0.15, 0.2) is 4.42 Å². The maximum Gasteiger partial charge on any atom is 0.315 e. The van der Waals surface area contributed by atoms with Gasteiger partial charge in [0, 0.05) is 6.54 Å². The Kier molecular flexibility index (Phi) is 6.18. The van der Waals surface area contributed by atoms with E-state index >= 15 is 0 Å². The molecule has 0 saturated heterocycles. The molecule has 0 amide bonds. The van der Waals surface area contributed by atoms with Crippen molar-refractivity contribution >= 4 is 17.8 Å². The number of hydrogen-bond acceptors (Lipinski definition) is 6. The van der Waals surface area contributed by atoms with E-state index in [0.717, 1.165) is 13.0 Å². The Balaban J connectivity index is 2.14. The van der Waals surface area contributed by atoms with Gasteiger partial charge in [0.25, 0.3) is 0 Å². The van der Waals surface area contributed by atoms with E-state index in [1.54, 1.807) is 0 Å². The molecule has 1 aromatic heterocycles. The second kappa shape index (κ2) is 7.53. The van der Waals surface area contributed by atoms with E-state index in [4.69, 9.17) is 4.42 Å². The molecule has 0 bridgehead atoms. The molecule has 0 unspecified atom stereocenters. The van der Waals surface area contributed by atoms with Gasteiger partial charge in [0.2, 0.25) is 5.89 Å². The third-order valence-corrected chi connectivity index (χ3v) is 2.54. The van der Waals surface area contributed by atoms with Crippen LogP contribution in [0.2, 0.25) is 0 Å². The number of aromatic nitrogens is 2. The van der Waals surface area contributed by atoms with Crippen LogP contribution in [-0.2, 0) is 6.54 Å². The summed E-state index contributed by atoms with van der Waals surface area (Å²) in [5.74, 6) is 1.82. The van der Waals surface area contributed by atoms with Crippen molar-refractivity contribution in [3.05, 3.63) is 5.89 Å². The van der Waals surface area contributed by atoms with Gasteiger partial charge in [-0.1, -0.05) is 5.10 Å². The standard InChI is InChI=1S/C9H18N4OS/c1-10-7-8-12-13-9(14-8)11-5-3-4-6-15-2/h10H,3-7H2,1-2H3,(H,11,13). The first-order valence-electron chi connectivity index (χ1n) is 5.06. The summed E-state index contributed by atoms with van der Waals surface area (Å²) in [6.07, 6.45) is 4.46. The first-order chi connectivity index (χ1) is 7.36. The third-order valence-electron chi connectivity index (χ3n) is 1.85. The highest BCUT2D eigenvalue weighted by Gasteiger charge is 2.03. The van der Waals surface area contributed by atoms with Gasteiger partial charge in [-0.2, -0.15) is 11.8 Å². The summed E-state index contributed by atoms with van der Waals surface area (Å²) >= 11 is 1.87. The molecular formula is C9H18N4OS. The fourth-order valence-electron chi connectivity index (χ4n) is 1.11. The van der Waals surface area contributed by atoms with Crippen LogP contribution >= 0.6 is 11.8 Å². The number of anilines is 1. The predicted octanol–water partition coefficient (Wildman–Crippen LogP) is 1.34. The van der Waals surface area contributed by atoms with Crippen LogP contribution in [-0.4, -0.2) is 35.8 Å². The van der Waals surface area contributed by atoms with E-state index in [2.05, 4.69) is 27.1 Å². The van der Waals surface area contributed by atoms with Crippen molar-refractivity contribution in [3.63, 3.8) is 0 Å². The minimum atomic E-state index is 0.518. The maximum absolute atomic E-state index is 5.33. The Morgan fingerprint density at radius 3 is 2.93 bits per heavy atom. The van der Waals surface area contributed by atoms with Crippen molar-refractivity contribution in [1.82, 2.24) is 15.5 Å². The van der Waals surface area contributed by atoms with Crippen LogP contribution in [0.25, 0.3) is 0 Å². The molecule has 0 saturated carbocycles. The zero-order valence-electron chi connectivity index (χ0n) is 9.25. The summed E-state index contributed by atoms with van der Waals surface area (Å²) in [6, 6.07) is 0.518. The van der Waals surface area contributed by atoms with Gasteiger partial charge in [-0.15, -0.1) is 5.10 Å². The van der Waals surface area contributed by atoms with Crippen molar-refractivity contribution in [1.29, 1.82) is 0 Å². The molecule has 0 aliphatic carbocycles. The van der Waals surface area contributed by atoms with E-state index in [1.807, 2.05) is 18.8 Å². The monoisotopic (exact) mass is 230 g/mol. The highest BCUT2D eigenvalue weighted by atomic mass is 32.2. The zero-order valence-corrected chi connectivity index (χ0v) is 10.1. The van der Waals surface area contributed by atoms with Gasteiger partial charge in [-0.05, 0) is 31.9 Å². The molecule has 0 aliphatic rings. The number of thioether (sulfide) groups is 1. The van der Waals surface area contributed by atoms with Crippen LogP contribution in [0.4, 0.5) is 6.01 Å². The van der Waals surface area contributed by atoms with Gasteiger partial charge in [-0.25, -0.2) is 0 Å². The first-order valence-corrected chi connectivity index (χ1v) is 6.46. The summed E-state index contributed by atoms with van der Waals surface area (Å²) in [5, 5.41) is 13.8. The van der Waals surface area contributed by atoms with Crippen LogP contribution in [0.5, 0.6) is 0 Å². The van der Waals surface area contributed by atoms with E-state index in [0.29, 0.717) is 18.5 Å². The predicted molar refractivity (Wildman–Crippen MR) is 63.2 cm³/mol. The SMILES string of the molecule is CNCc1nnc(NCCCCSC)o1. The largest absolute Gasteiger partial charge is 0.407 e. The molecule has 86 valence electrons. The lowest BCUT2D eigenvalue weighted by Gasteiger charge is -1.99. The van der Waals surface area contributed by atoms with Gasteiger partial charge in [0.15, 0.2) is 0 Å². The Morgan fingerprint density at radius 2 is 2.20 bits per heavy atom. The van der Waals surface area contributed by atoms with E-state index in [-0.39, 0.29) is 0 Å². The number of nitrogens with zero attached hydrogens (tertiary/aromatic N) is 2. The van der Waals surface area contributed by atoms with Crippen LogP contribution in [0.1, 0.15) is 18.7 Å². The number of nitrogens with one attached hydrogen (secondary N) is 2. The lowest BCUT2D eigenvalue weighted by Crippen LogP contribution is -2.05. The van der Waals surface area contributed by atoms with Gasteiger partial charge >= 0.3 is 6.01 Å². The summed E-state index contributed by atoms with van der Waals surface area (Å²) < 4.78 is 5.33. The molecule has 0 atom stereocenters. The lowest BCUT2D eigenvalue weighted by atomic mass is 10.3. The average Bonchev–Trinajstić information content (AvgIpc) is 2.66. The van der Waals surface area contributed by atoms with Crippen molar-refractivity contribution < 1.29 is 4.42 Å². The average molecular weight is 230 g/mol. The van der Waals surface area contributed by atoms with Crippen LogP contribution in [0.3, 0.4) is 0 Å². The molecule has 0 radical (unpaired) electrons. The van der Waals surface area contributed by atoms with Gasteiger partial charge in [-0.3, -0.25) is 0 Å². The zero-order chi connectivity index (χ0) is 10.9. The molecule has 2 N–H and O–H groups in total. The topological polar surface area (TPSA) is 63.0 Å². The summed E-state index contributed by atoms with van der Waals surface area (Å²) in [5.41, 5.74) is 0. The molecular weight excluding hydrogens is 212 g/mol. The molecule has 1 heterocycles. The van der Waals surface area contributed by atoms with Crippen LogP contribution in [0, 0.1) is 0 Å². The van der Waals surface area contributed by atoms with Gasteiger partial charge in [0.1, 0.15) is 0 Å². The minimum absolute atomic E-state index is 0.518. The van der Waals surface area contributed by atoms with Crippen molar-refractivity contribution in [2.45, 2.75) is 19.4 Å². The Hall–Kier alpha value is -0.750.